The lowest BCUT2D eigenvalue weighted by molar-refractivity contribution is -0.0196. The third-order valence-corrected chi connectivity index (χ3v) is 7.10. The van der Waals surface area contributed by atoms with Crippen molar-refractivity contribution in [1.82, 2.24) is 19.1 Å². The average Bonchev–Trinajstić information content (AvgIpc) is 3.34. The number of aromatic nitrogens is 3. The van der Waals surface area contributed by atoms with Crippen LogP contribution in [0.4, 0.5) is 0 Å². The number of fused-ring (bicyclic) bond motifs is 7. The number of morpholine rings is 1. The molecular weight excluding hydrogens is 446 g/mol. The van der Waals surface area contributed by atoms with Gasteiger partial charge in [-0.05, 0) is 11.6 Å². The number of carbonyl (C=O) groups is 1. The van der Waals surface area contributed by atoms with Gasteiger partial charge in [0.15, 0.2) is 11.4 Å². The largest absolute Gasteiger partial charge is 0.502 e. The molecule has 1 amide bonds. The molecule has 1 N–H and O–H groups in total. The summed E-state index contributed by atoms with van der Waals surface area (Å²) in [6.45, 7) is 1.05. The summed E-state index contributed by atoms with van der Waals surface area (Å²) in [7, 11) is 0. The predicted octanol–water partition coefficient (Wildman–Crippen LogP) is 2.26. The first-order valence-electron chi connectivity index (χ1n) is 11.5. The Morgan fingerprint density at radius 2 is 1.80 bits per heavy atom. The summed E-state index contributed by atoms with van der Waals surface area (Å²) in [5.41, 5.74) is 4.34. The van der Waals surface area contributed by atoms with Crippen LogP contribution >= 0.6 is 0 Å². The first-order valence-corrected chi connectivity index (χ1v) is 11.5. The van der Waals surface area contributed by atoms with Gasteiger partial charge in [0.25, 0.3) is 5.91 Å². The number of para-hydroxylation sites is 1. The smallest absolute Gasteiger partial charge is 0.278 e. The summed E-state index contributed by atoms with van der Waals surface area (Å²) in [4.78, 5) is 31.9. The van der Waals surface area contributed by atoms with E-state index in [4.69, 9.17) is 4.74 Å². The standard InChI is InChI=1S/C26H21N5O4/c32-21-9-10-30-24(25(21)33)26(34)28-11-12-35-14-22(28)31(30)23-17-6-2-1-5-16(17)20-13-27-15-29(20)19-8-4-3-7-18(19)23/h1-10,13,15,22-23,33H,11-12,14H2. The summed E-state index contributed by atoms with van der Waals surface area (Å²) >= 11 is 0. The molecule has 7 rings (SSSR count). The number of hydrogen-bond acceptors (Lipinski definition) is 6. The van der Waals surface area contributed by atoms with E-state index in [0.717, 1.165) is 28.1 Å². The van der Waals surface area contributed by atoms with Gasteiger partial charge in [0, 0.05) is 29.9 Å². The molecule has 9 nitrogen and oxygen atoms in total. The highest BCUT2D eigenvalue weighted by atomic mass is 16.5. The number of ether oxygens (including phenoxy) is 1. The van der Waals surface area contributed by atoms with Gasteiger partial charge in [0.1, 0.15) is 12.2 Å². The molecule has 35 heavy (non-hydrogen) atoms. The van der Waals surface area contributed by atoms with Gasteiger partial charge in [-0.15, -0.1) is 0 Å². The van der Waals surface area contributed by atoms with Crippen molar-refractivity contribution in [3.8, 4) is 22.7 Å². The molecule has 1 saturated heterocycles. The Kier molecular flexibility index (Phi) is 4.19. The minimum absolute atomic E-state index is 0.0314. The van der Waals surface area contributed by atoms with Crippen LogP contribution in [0.2, 0.25) is 0 Å². The van der Waals surface area contributed by atoms with Crippen molar-refractivity contribution >= 4 is 5.91 Å². The molecule has 2 atom stereocenters. The first kappa shape index (κ1) is 20.0. The molecule has 3 aliphatic rings. The lowest BCUT2D eigenvalue weighted by Crippen LogP contribution is -2.66. The summed E-state index contributed by atoms with van der Waals surface area (Å²) < 4.78 is 9.55. The molecule has 0 spiro atoms. The van der Waals surface area contributed by atoms with E-state index in [9.17, 15) is 14.7 Å². The molecule has 0 radical (unpaired) electrons. The molecule has 9 heteroatoms. The van der Waals surface area contributed by atoms with Crippen molar-refractivity contribution in [2.24, 2.45) is 0 Å². The third kappa shape index (κ3) is 2.69. The van der Waals surface area contributed by atoms with Crippen LogP contribution in [0.15, 0.2) is 78.1 Å². The molecule has 1 fully saturated rings. The summed E-state index contributed by atoms with van der Waals surface area (Å²) in [6.07, 6.45) is 4.79. The van der Waals surface area contributed by atoms with Crippen LogP contribution in [0.3, 0.4) is 0 Å². The summed E-state index contributed by atoms with van der Waals surface area (Å²) in [5.74, 6) is -0.923. The molecule has 5 heterocycles. The van der Waals surface area contributed by atoms with Crippen molar-refractivity contribution in [3.63, 3.8) is 0 Å². The molecule has 0 bridgehead atoms. The highest BCUT2D eigenvalue weighted by Gasteiger charge is 2.46. The Hall–Kier alpha value is -4.37. The Labute approximate surface area is 200 Å². The van der Waals surface area contributed by atoms with E-state index in [2.05, 4.69) is 27.8 Å². The van der Waals surface area contributed by atoms with Gasteiger partial charge in [-0.2, -0.15) is 0 Å². The highest BCUT2D eigenvalue weighted by Crippen LogP contribution is 2.44. The molecule has 0 saturated carbocycles. The van der Waals surface area contributed by atoms with Crippen LogP contribution in [0, 0.1) is 0 Å². The SMILES string of the molecule is O=C1c2c(O)c(=O)ccn2N(C2c3ccccc3-c3cncn3-c3ccccc32)C2COCCN12. The zero-order valence-electron chi connectivity index (χ0n) is 18.6. The van der Waals surface area contributed by atoms with Gasteiger partial charge in [-0.1, -0.05) is 42.5 Å². The number of aromatic hydroxyl groups is 1. The van der Waals surface area contributed by atoms with Crippen LogP contribution in [-0.4, -0.2) is 56.1 Å². The zero-order valence-corrected chi connectivity index (χ0v) is 18.6. The van der Waals surface area contributed by atoms with Crippen molar-refractivity contribution < 1.29 is 14.6 Å². The van der Waals surface area contributed by atoms with Crippen LogP contribution in [0.5, 0.6) is 5.75 Å². The topological polar surface area (TPSA) is 92.8 Å². The van der Waals surface area contributed by atoms with E-state index in [-0.39, 0.29) is 17.6 Å². The van der Waals surface area contributed by atoms with E-state index >= 15 is 0 Å². The highest BCUT2D eigenvalue weighted by molar-refractivity contribution is 5.96. The molecule has 0 aliphatic carbocycles. The van der Waals surface area contributed by atoms with E-state index in [1.807, 2.05) is 41.5 Å². The fourth-order valence-electron chi connectivity index (χ4n) is 5.58. The van der Waals surface area contributed by atoms with E-state index in [0.29, 0.717) is 19.8 Å². The van der Waals surface area contributed by atoms with Crippen LogP contribution < -0.4 is 10.4 Å². The second kappa shape index (κ2) is 7.31. The lowest BCUT2D eigenvalue weighted by atomic mass is 9.92. The van der Waals surface area contributed by atoms with Crippen LogP contribution in [0.1, 0.15) is 27.7 Å². The second-order valence-electron chi connectivity index (χ2n) is 8.85. The Bertz CT molecular complexity index is 1500. The number of hydrogen-bond donors (Lipinski definition) is 1. The van der Waals surface area contributed by atoms with Crippen LogP contribution in [-0.2, 0) is 4.74 Å². The summed E-state index contributed by atoms with van der Waals surface area (Å²) in [6, 6.07) is 17.2. The predicted molar refractivity (Wildman–Crippen MR) is 127 cm³/mol. The number of nitrogens with zero attached hydrogens (tertiary/aromatic N) is 5. The van der Waals surface area contributed by atoms with Gasteiger partial charge < -0.3 is 14.7 Å². The van der Waals surface area contributed by atoms with Gasteiger partial charge in [0.2, 0.25) is 5.43 Å². The van der Waals surface area contributed by atoms with E-state index in [1.165, 1.54) is 6.07 Å². The first-order chi connectivity index (χ1) is 17.1. The monoisotopic (exact) mass is 467 g/mol. The fraction of sp³-hybridized carbons (Fsp3) is 0.192. The van der Waals surface area contributed by atoms with E-state index < -0.39 is 17.3 Å². The minimum Gasteiger partial charge on any atom is -0.502 e. The van der Waals surface area contributed by atoms with Crippen molar-refractivity contribution in [1.29, 1.82) is 0 Å². The number of benzene rings is 2. The maximum Gasteiger partial charge on any atom is 0.278 e. The fourth-order valence-corrected chi connectivity index (χ4v) is 5.58. The quantitative estimate of drug-likeness (QED) is 0.462. The number of pyridine rings is 1. The molecule has 174 valence electrons. The van der Waals surface area contributed by atoms with Gasteiger partial charge in [-0.25, -0.2) is 4.98 Å². The Balaban J connectivity index is 1.57. The van der Waals surface area contributed by atoms with Crippen molar-refractivity contribution in [2.75, 3.05) is 24.8 Å². The molecule has 4 aromatic rings. The van der Waals surface area contributed by atoms with Crippen LogP contribution in [0.25, 0.3) is 16.9 Å². The van der Waals surface area contributed by atoms with E-state index in [1.54, 1.807) is 22.1 Å². The second-order valence-corrected chi connectivity index (χ2v) is 8.85. The maximum absolute atomic E-state index is 13.5. The lowest BCUT2D eigenvalue weighted by Gasteiger charge is -2.51. The normalized spacial score (nSPS) is 20.3. The Morgan fingerprint density at radius 1 is 1.00 bits per heavy atom. The zero-order chi connectivity index (χ0) is 23.7. The summed E-state index contributed by atoms with van der Waals surface area (Å²) in [5, 5.41) is 12.8. The van der Waals surface area contributed by atoms with Gasteiger partial charge in [0.05, 0.1) is 37.1 Å². The molecule has 2 unspecified atom stereocenters. The number of imidazole rings is 1. The third-order valence-electron chi connectivity index (χ3n) is 7.10. The maximum atomic E-state index is 13.5. The molecule has 2 aromatic carbocycles. The number of amides is 1. The molecule has 2 aromatic heterocycles. The number of carbonyl (C=O) groups excluding carboxylic acids is 1. The van der Waals surface area contributed by atoms with Crippen molar-refractivity contribution in [3.05, 3.63) is 100 Å². The average molecular weight is 467 g/mol. The van der Waals surface area contributed by atoms with Crippen molar-refractivity contribution in [2.45, 2.75) is 12.2 Å². The molecule has 3 aliphatic heterocycles. The Morgan fingerprint density at radius 3 is 2.69 bits per heavy atom. The number of rotatable bonds is 1. The molecular formula is C26H21N5O4. The minimum atomic E-state index is -0.583. The van der Waals surface area contributed by atoms with Gasteiger partial charge in [-0.3, -0.25) is 23.8 Å². The van der Waals surface area contributed by atoms with Gasteiger partial charge >= 0.3 is 0 Å².